The third-order valence-corrected chi connectivity index (χ3v) is 3.01. The van der Waals surface area contributed by atoms with Gasteiger partial charge in [0.2, 0.25) is 5.91 Å². The van der Waals surface area contributed by atoms with Gasteiger partial charge in [-0.15, -0.1) is 0 Å². The summed E-state index contributed by atoms with van der Waals surface area (Å²) in [6.07, 6.45) is 5.40. The lowest BCUT2D eigenvalue weighted by molar-refractivity contribution is -0.140. The number of methoxy groups -OCH3 is 1. The molecule has 106 valence electrons. The van der Waals surface area contributed by atoms with E-state index in [1.165, 1.54) is 7.11 Å². The van der Waals surface area contributed by atoms with Gasteiger partial charge in [0.05, 0.1) is 13.2 Å². The minimum Gasteiger partial charge on any atom is -0.469 e. The van der Waals surface area contributed by atoms with Crippen molar-refractivity contribution in [3.05, 3.63) is 0 Å². The molecule has 0 aromatic rings. The number of carbonyl (C=O) groups excluding carboxylic acids is 2. The van der Waals surface area contributed by atoms with E-state index in [9.17, 15) is 9.59 Å². The van der Waals surface area contributed by atoms with Crippen LogP contribution in [0.15, 0.2) is 0 Å². The van der Waals surface area contributed by atoms with E-state index in [-0.39, 0.29) is 11.9 Å². The minimum atomic E-state index is -0.520. The van der Waals surface area contributed by atoms with E-state index in [0.29, 0.717) is 18.7 Å². The number of unbranched alkanes of at least 4 members (excludes halogenated alkanes) is 4. The molecule has 5 nitrogen and oxygen atoms in total. The molecular weight excluding hydrogens is 252 g/mol. The number of hydrogen-bond acceptors (Lipinski definition) is 5. The molecule has 1 unspecified atom stereocenters. The molecule has 0 spiro atoms. The minimum absolute atomic E-state index is 0.143. The summed E-state index contributed by atoms with van der Waals surface area (Å²) in [6.45, 7) is 0.650. The summed E-state index contributed by atoms with van der Waals surface area (Å²) < 4.78 is 4.55. The van der Waals surface area contributed by atoms with E-state index in [2.05, 4.69) is 22.7 Å². The average Bonchev–Trinajstić information content (AvgIpc) is 2.39. The second kappa shape index (κ2) is 11.3. The summed E-state index contributed by atoms with van der Waals surface area (Å²) in [6, 6.07) is -0.520. The fourth-order valence-corrected chi connectivity index (χ4v) is 1.62. The fourth-order valence-electron chi connectivity index (χ4n) is 1.45. The highest BCUT2D eigenvalue weighted by Gasteiger charge is 2.09. The Morgan fingerprint density at radius 1 is 1.22 bits per heavy atom. The predicted octanol–water partition coefficient (Wildman–Crippen LogP) is 0.873. The number of amides is 1. The Bertz CT molecular complexity index is 249. The van der Waals surface area contributed by atoms with Crippen LogP contribution < -0.4 is 11.1 Å². The van der Waals surface area contributed by atoms with Crippen LogP contribution in [0.2, 0.25) is 0 Å². The Morgan fingerprint density at radius 2 is 1.83 bits per heavy atom. The van der Waals surface area contributed by atoms with E-state index in [0.717, 1.165) is 32.1 Å². The van der Waals surface area contributed by atoms with Crippen LogP contribution in [0.4, 0.5) is 0 Å². The molecule has 0 saturated carbocycles. The van der Waals surface area contributed by atoms with Crippen LogP contribution in [0, 0.1) is 0 Å². The number of hydrogen-bond donors (Lipinski definition) is 3. The van der Waals surface area contributed by atoms with Crippen molar-refractivity contribution in [3.63, 3.8) is 0 Å². The monoisotopic (exact) mass is 276 g/mol. The summed E-state index contributed by atoms with van der Waals surface area (Å²) in [5.74, 6) is 0.0676. The van der Waals surface area contributed by atoms with Crippen molar-refractivity contribution in [1.82, 2.24) is 5.32 Å². The smallest absolute Gasteiger partial charge is 0.305 e. The van der Waals surface area contributed by atoms with Gasteiger partial charge in [-0.2, -0.15) is 12.6 Å². The molecule has 0 fully saturated rings. The second-order valence-electron chi connectivity index (χ2n) is 4.17. The summed E-state index contributed by atoms with van der Waals surface area (Å²) in [4.78, 5) is 22.1. The van der Waals surface area contributed by atoms with Crippen LogP contribution in [-0.2, 0) is 14.3 Å². The summed E-state index contributed by atoms with van der Waals surface area (Å²) in [5, 5.41) is 2.76. The second-order valence-corrected chi connectivity index (χ2v) is 4.54. The van der Waals surface area contributed by atoms with Crippen LogP contribution in [0.1, 0.15) is 38.5 Å². The first kappa shape index (κ1) is 17.2. The first-order valence-corrected chi connectivity index (χ1v) is 6.96. The normalized spacial score (nSPS) is 11.9. The molecule has 6 heteroatoms. The molecule has 0 saturated heterocycles. The van der Waals surface area contributed by atoms with Crippen molar-refractivity contribution >= 4 is 24.5 Å². The zero-order valence-electron chi connectivity index (χ0n) is 11.0. The highest BCUT2D eigenvalue weighted by molar-refractivity contribution is 7.80. The summed E-state index contributed by atoms with van der Waals surface area (Å²) >= 11 is 3.96. The van der Waals surface area contributed by atoms with Gasteiger partial charge < -0.3 is 15.8 Å². The average molecular weight is 276 g/mol. The largest absolute Gasteiger partial charge is 0.469 e. The SMILES string of the molecule is COC(=O)CCCCCCCNC(=O)C(N)CS. The third-order valence-electron chi connectivity index (χ3n) is 2.62. The van der Waals surface area contributed by atoms with Crippen LogP contribution in [0.3, 0.4) is 0 Å². The molecule has 1 amide bonds. The Balaban J connectivity index is 3.26. The first-order chi connectivity index (χ1) is 8.61. The lowest BCUT2D eigenvalue weighted by Gasteiger charge is -2.09. The van der Waals surface area contributed by atoms with E-state index >= 15 is 0 Å². The number of esters is 1. The van der Waals surface area contributed by atoms with Gasteiger partial charge in [0, 0.05) is 18.7 Å². The van der Waals surface area contributed by atoms with Crippen molar-refractivity contribution in [2.24, 2.45) is 5.73 Å². The van der Waals surface area contributed by atoms with E-state index in [1.54, 1.807) is 0 Å². The van der Waals surface area contributed by atoms with Gasteiger partial charge in [-0.3, -0.25) is 9.59 Å². The highest BCUT2D eigenvalue weighted by atomic mass is 32.1. The molecule has 0 radical (unpaired) electrons. The van der Waals surface area contributed by atoms with Crippen molar-refractivity contribution in [2.45, 2.75) is 44.6 Å². The van der Waals surface area contributed by atoms with Gasteiger partial charge in [-0.1, -0.05) is 19.3 Å². The van der Waals surface area contributed by atoms with Gasteiger partial charge in [0.1, 0.15) is 0 Å². The molecule has 0 heterocycles. The first-order valence-electron chi connectivity index (χ1n) is 6.32. The van der Waals surface area contributed by atoms with Crippen molar-refractivity contribution in [3.8, 4) is 0 Å². The predicted molar refractivity (Wildman–Crippen MR) is 74.6 cm³/mol. The molecular formula is C12H24N2O3S. The number of carbonyl (C=O) groups is 2. The molecule has 0 bridgehead atoms. The number of nitrogens with one attached hydrogen (secondary N) is 1. The number of thiol groups is 1. The molecule has 0 aliphatic rings. The number of rotatable bonds is 10. The van der Waals surface area contributed by atoms with Gasteiger partial charge in [-0.05, 0) is 12.8 Å². The van der Waals surface area contributed by atoms with Gasteiger partial charge in [-0.25, -0.2) is 0 Å². The Morgan fingerprint density at radius 3 is 2.44 bits per heavy atom. The molecule has 0 aromatic heterocycles. The summed E-state index contributed by atoms with van der Waals surface area (Å²) in [7, 11) is 1.40. The van der Waals surface area contributed by atoms with Crippen molar-refractivity contribution in [1.29, 1.82) is 0 Å². The highest BCUT2D eigenvalue weighted by Crippen LogP contribution is 2.05. The van der Waals surface area contributed by atoms with Crippen LogP contribution in [0.5, 0.6) is 0 Å². The lowest BCUT2D eigenvalue weighted by atomic mass is 10.1. The lowest BCUT2D eigenvalue weighted by Crippen LogP contribution is -2.42. The van der Waals surface area contributed by atoms with Gasteiger partial charge in [0.15, 0.2) is 0 Å². The molecule has 0 aromatic carbocycles. The Kier molecular flexibility index (Phi) is 10.9. The maximum atomic E-state index is 11.3. The third kappa shape index (κ3) is 9.30. The van der Waals surface area contributed by atoms with E-state index in [4.69, 9.17) is 5.73 Å². The zero-order valence-corrected chi connectivity index (χ0v) is 11.9. The van der Waals surface area contributed by atoms with E-state index < -0.39 is 6.04 Å². The summed E-state index contributed by atoms with van der Waals surface area (Å²) in [5.41, 5.74) is 5.51. The maximum absolute atomic E-state index is 11.3. The number of nitrogens with two attached hydrogens (primary N) is 1. The van der Waals surface area contributed by atoms with Gasteiger partial charge >= 0.3 is 5.97 Å². The quantitative estimate of drug-likeness (QED) is 0.314. The van der Waals surface area contributed by atoms with E-state index in [1.807, 2.05) is 0 Å². The van der Waals surface area contributed by atoms with Crippen LogP contribution >= 0.6 is 12.6 Å². The number of ether oxygens (including phenoxy) is 1. The van der Waals surface area contributed by atoms with Crippen LogP contribution in [-0.4, -0.2) is 37.3 Å². The van der Waals surface area contributed by atoms with Gasteiger partial charge in [0.25, 0.3) is 0 Å². The molecule has 3 N–H and O–H groups in total. The fraction of sp³-hybridized carbons (Fsp3) is 0.833. The molecule has 0 aliphatic carbocycles. The van der Waals surface area contributed by atoms with Crippen molar-refractivity contribution in [2.75, 3.05) is 19.4 Å². The topological polar surface area (TPSA) is 81.4 Å². The van der Waals surface area contributed by atoms with Crippen LogP contribution in [0.25, 0.3) is 0 Å². The Hall–Kier alpha value is -0.750. The molecule has 18 heavy (non-hydrogen) atoms. The maximum Gasteiger partial charge on any atom is 0.305 e. The van der Waals surface area contributed by atoms with Crippen molar-refractivity contribution < 1.29 is 14.3 Å². The Labute approximate surface area is 114 Å². The standard InChI is InChI=1S/C12H24N2O3S/c1-17-11(15)7-5-3-2-4-6-8-14-12(16)10(13)9-18/h10,18H,2-9,13H2,1H3,(H,14,16). The molecule has 0 aliphatic heterocycles. The molecule has 0 rings (SSSR count). The molecule has 1 atom stereocenters. The zero-order chi connectivity index (χ0) is 13.8.